The molecule has 0 aromatic rings. The largest absolute Gasteiger partial charge is 0.345 e. The normalized spacial score (nSPS) is 20.0. The molecule has 2 atom stereocenters. The van der Waals surface area contributed by atoms with Gasteiger partial charge in [-0.15, -0.1) is 0 Å². The van der Waals surface area contributed by atoms with Gasteiger partial charge >= 0.3 is 0 Å². The molecule has 2 nitrogen and oxygen atoms in total. The van der Waals surface area contributed by atoms with Gasteiger partial charge in [0, 0.05) is 12.8 Å². The summed E-state index contributed by atoms with van der Waals surface area (Å²) in [6, 6.07) is 0. The van der Waals surface area contributed by atoms with Crippen LogP contribution in [0.5, 0.6) is 0 Å². The van der Waals surface area contributed by atoms with Crippen LogP contribution in [0.4, 0.5) is 0 Å². The Bertz CT molecular complexity index is 138. The Labute approximate surface area is 67.8 Å². The fourth-order valence-electron chi connectivity index (χ4n) is 0.761. The molecule has 1 N–H and O–H groups in total. The summed E-state index contributed by atoms with van der Waals surface area (Å²) in [6.45, 7) is 1.56. The zero-order chi connectivity index (χ0) is 8.20. The van der Waals surface area contributed by atoms with Crippen molar-refractivity contribution in [1.29, 1.82) is 0 Å². The van der Waals surface area contributed by atoms with Crippen molar-refractivity contribution in [1.82, 2.24) is 0 Å². The maximum Gasteiger partial charge on any atom is 0.188 e. The standard InChI is InChI=1S/C6H15O2PS/c1-4-5-6(2)9(7,10)8-3/h6H,4-5H2,1-3H3,(H,7,10). The Morgan fingerprint density at radius 1 is 1.70 bits per heavy atom. The van der Waals surface area contributed by atoms with Gasteiger partial charge in [-0.2, -0.15) is 0 Å². The highest BCUT2D eigenvalue weighted by Gasteiger charge is 2.19. The van der Waals surface area contributed by atoms with Gasteiger partial charge in [0.05, 0.1) is 0 Å². The van der Waals surface area contributed by atoms with Gasteiger partial charge in [0.2, 0.25) is 0 Å². The van der Waals surface area contributed by atoms with Gasteiger partial charge in [-0.05, 0) is 18.2 Å². The Kier molecular flexibility index (Phi) is 4.70. The minimum atomic E-state index is -2.45. The van der Waals surface area contributed by atoms with Crippen molar-refractivity contribution in [3.05, 3.63) is 0 Å². The molecule has 0 aromatic carbocycles. The second kappa shape index (κ2) is 4.45. The minimum absolute atomic E-state index is 0.137. The topological polar surface area (TPSA) is 29.5 Å². The quantitative estimate of drug-likeness (QED) is 0.675. The molecule has 0 aliphatic carbocycles. The molecule has 0 rings (SSSR count). The van der Waals surface area contributed by atoms with E-state index in [2.05, 4.69) is 6.92 Å². The molecule has 0 saturated carbocycles. The predicted molar refractivity (Wildman–Crippen MR) is 47.9 cm³/mol. The van der Waals surface area contributed by atoms with E-state index in [1.807, 2.05) is 6.92 Å². The lowest BCUT2D eigenvalue weighted by molar-refractivity contribution is 0.375. The van der Waals surface area contributed by atoms with E-state index in [1.165, 1.54) is 7.11 Å². The third kappa shape index (κ3) is 3.11. The van der Waals surface area contributed by atoms with Crippen molar-refractivity contribution in [3.8, 4) is 0 Å². The molecule has 0 amide bonds. The van der Waals surface area contributed by atoms with E-state index in [-0.39, 0.29) is 5.66 Å². The minimum Gasteiger partial charge on any atom is -0.345 e. The maximum absolute atomic E-state index is 9.43. The molecule has 0 spiro atoms. The Morgan fingerprint density at radius 3 is 2.50 bits per heavy atom. The first-order chi connectivity index (χ1) is 4.54. The van der Waals surface area contributed by atoms with Crippen molar-refractivity contribution in [2.45, 2.75) is 32.3 Å². The summed E-state index contributed by atoms with van der Waals surface area (Å²) in [5, 5.41) is 0. The lowest BCUT2D eigenvalue weighted by atomic mass is 10.3. The highest BCUT2D eigenvalue weighted by molar-refractivity contribution is 8.09. The van der Waals surface area contributed by atoms with Gasteiger partial charge in [0.15, 0.2) is 6.49 Å². The second-order valence-corrected chi connectivity index (χ2v) is 6.33. The average molecular weight is 182 g/mol. The van der Waals surface area contributed by atoms with Gasteiger partial charge in [0.25, 0.3) is 0 Å². The number of hydrogen-bond acceptors (Lipinski definition) is 2. The van der Waals surface area contributed by atoms with E-state index >= 15 is 0 Å². The molecular weight excluding hydrogens is 167 g/mol. The first-order valence-electron chi connectivity index (χ1n) is 3.42. The van der Waals surface area contributed by atoms with Gasteiger partial charge < -0.3 is 9.42 Å². The second-order valence-electron chi connectivity index (χ2n) is 2.38. The molecule has 0 saturated heterocycles. The average Bonchev–Trinajstić information content (AvgIpc) is 1.89. The number of hydrogen-bond donors (Lipinski definition) is 1. The smallest absolute Gasteiger partial charge is 0.188 e. The van der Waals surface area contributed by atoms with Crippen LogP contribution in [0.15, 0.2) is 0 Å². The first-order valence-corrected chi connectivity index (χ1v) is 6.17. The van der Waals surface area contributed by atoms with Crippen molar-refractivity contribution >= 4 is 18.3 Å². The third-order valence-corrected chi connectivity index (χ3v) is 4.95. The molecule has 4 heteroatoms. The van der Waals surface area contributed by atoms with Crippen molar-refractivity contribution < 1.29 is 9.42 Å². The molecule has 0 radical (unpaired) electrons. The van der Waals surface area contributed by atoms with Gasteiger partial charge in [-0.25, -0.2) is 0 Å². The van der Waals surface area contributed by atoms with Crippen molar-refractivity contribution in [3.63, 3.8) is 0 Å². The first kappa shape index (κ1) is 10.6. The zero-order valence-electron chi connectivity index (χ0n) is 6.70. The summed E-state index contributed by atoms with van der Waals surface area (Å²) in [7, 11) is 1.48. The predicted octanol–water partition coefficient (Wildman–Crippen LogP) is 2.12. The molecule has 0 aliphatic heterocycles. The van der Waals surface area contributed by atoms with Crippen LogP contribution in [-0.4, -0.2) is 17.7 Å². The van der Waals surface area contributed by atoms with Gasteiger partial charge in [-0.1, -0.05) is 20.3 Å². The molecule has 0 bridgehead atoms. The monoisotopic (exact) mass is 182 g/mol. The van der Waals surface area contributed by atoms with E-state index in [0.717, 1.165) is 12.8 Å². The van der Waals surface area contributed by atoms with E-state index in [0.29, 0.717) is 0 Å². The van der Waals surface area contributed by atoms with E-state index in [1.54, 1.807) is 0 Å². The van der Waals surface area contributed by atoms with Crippen LogP contribution >= 0.6 is 6.49 Å². The highest BCUT2D eigenvalue weighted by atomic mass is 32.5. The molecule has 0 fully saturated rings. The van der Waals surface area contributed by atoms with Crippen molar-refractivity contribution in [2.24, 2.45) is 0 Å². The summed E-state index contributed by atoms with van der Waals surface area (Å²) in [5.41, 5.74) is 0.137. The fourth-order valence-corrected chi connectivity index (χ4v) is 2.02. The van der Waals surface area contributed by atoms with Crippen LogP contribution in [0.2, 0.25) is 0 Å². The summed E-state index contributed by atoms with van der Waals surface area (Å²) >= 11 is 4.88. The number of rotatable bonds is 4. The summed E-state index contributed by atoms with van der Waals surface area (Å²) < 4.78 is 4.83. The lowest BCUT2D eigenvalue weighted by Gasteiger charge is -2.19. The van der Waals surface area contributed by atoms with Crippen LogP contribution in [0.25, 0.3) is 0 Å². The highest BCUT2D eigenvalue weighted by Crippen LogP contribution is 2.48. The molecule has 10 heavy (non-hydrogen) atoms. The fraction of sp³-hybridized carbons (Fsp3) is 1.00. The lowest BCUT2D eigenvalue weighted by Crippen LogP contribution is -2.03. The van der Waals surface area contributed by atoms with E-state index in [4.69, 9.17) is 16.3 Å². The van der Waals surface area contributed by atoms with Crippen molar-refractivity contribution in [2.75, 3.05) is 7.11 Å². The summed E-state index contributed by atoms with van der Waals surface area (Å²) in [4.78, 5) is 9.43. The van der Waals surface area contributed by atoms with Gasteiger partial charge in [0.1, 0.15) is 0 Å². The van der Waals surface area contributed by atoms with Crippen LogP contribution in [0, 0.1) is 0 Å². The van der Waals surface area contributed by atoms with Crippen LogP contribution in [-0.2, 0) is 16.3 Å². The third-order valence-electron chi connectivity index (χ3n) is 1.53. The van der Waals surface area contributed by atoms with E-state index in [9.17, 15) is 4.89 Å². The summed E-state index contributed by atoms with van der Waals surface area (Å²) in [5.74, 6) is 0. The molecule has 0 heterocycles. The molecular formula is C6H15O2PS. The molecule has 2 unspecified atom stereocenters. The Balaban J connectivity index is 3.91. The van der Waals surface area contributed by atoms with Crippen LogP contribution in [0.1, 0.15) is 26.7 Å². The van der Waals surface area contributed by atoms with Gasteiger partial charge in [-0.3, -0.25) is 0 Å². The summed E-state index contributed by atoms with van der Waals surface area (Å²) in [6.07, 6.45) is 1.99. The van der Waals surface area contributed by atoms with E-state index < -0.39 is 6.49 Å². The maximum atomic E-state index is 9.43. The van der Waals surface area contributed by atoms with Crippen LogP contribution in [0.3, 0.4) is 0 Å². The molecule has 62 valence electrons. The van der Waals surface area contributed by atoms with Crippen LogP contribution < -0.4 is 0 Å². The Morgan fingerprint density at radius 2 is 2.20 bits per heavy atom. The SMILES string of the molecule is CCCC(C)P(O)(=S)OC. The molecule has 0 aliphatic rings. The Hall–Kier alpha value is 0.570. The zero-order valence-corrected chi connectivity index (χ0v) is 8.41. The molecule has 0 aromatic heterocycles.